The average molecular weight is 318 g/mol. The summed E-state index contributed by atoms with van der Waals surface area (Å²) in [6.45, 7) is 2.32. The van der Waals surface area contributed by atoms with Crippen LogP contribution in [0.3, 0.4) is 0 Å². The molecule has 3 nitrogen and oxygen atoms in total. The molecule has 0 fully saturated rings. The summed E-state index contributed by atoms with van der Waals surface area (Å²) >= 11 is 3.33. The van der Waals surface area contributed by atoms with Crippen LogP contribution in [0.4, 0.5) is 4.39 Å². The van der Waals surface area contributed by atoms with Crippen LogP contribution < -0.4 is 5.32 Å². The van der Waals surface area contributed by atoms with Crippen molar-refractivity contribution in [1.29, 1.82) is 0 Å². The van der Waals surface area contributed by atoms with E-state index < -0.39 is 5.82 Å². The molecule has 1 unspecified atom stereocenters. The molecular formula is C13H17BrFNO2. The molecule has 1 aromatic rings. The first-order valence-electron chi connectivity index (χ1n) is 5.69. The second-order valence-electron chi connectivity index (χ2n) is 4.12. The number of alkyl halides is 1. The molecule has 1 aromatic carbocycles. The molecule has 0 saturated heterocycles. The summed E-state index contributed by atoms with van der Waals surface area (Å²) in [7, 11) is 1.61. The summed E-state index contributed by atoms with van der Waals surface area (Å²) in [5.74, 6) is -0.661. The Balaban J connectivity index is 2.68. The van der Waals surface area contributed by atoms with Crippen molar-refractivity contribution in [3.63, 3.8) is 0 Å². The Kier molecular flexibility index (Phi) is 6.29. The Morgan fingerprint density at radius 2 is 2.22 bits per heavy atom. The molecule has 0 aliphatic rings. The fraction of sp³-hybridized carbons (Fsp3) is 0.462. The van der Waals surface area contributed by atoms with Gasteiger partial charge in [0, 0.05) is 30.7 Å². The normalized spacial score (nSPS) is 12.2. The van der Waals surface area contributed by atoms with Gasteiger partial charge in [-0.25, -0.2) is 4.39 Å². The summed E-state index contributed by atoms with van der Waals surface area (Å²) in [6.07, 6.45) is 0.710. The minimum Gasteiger partial charge on any atom is -0.385 e. The van der Waals surface area contributed by atoms with Gasteiger partial charge in [0.05, 0.1) is 0 Å². The molecule has 0 aromatic heterocycles. The van der Waals surface area contributed by atoms with E-state index in [1.54, 1.807) is 20.1 Å². The van der Waals surface area contributed by atoms with Crippen LogP contribution in [0.25, 0.3) is 0 Å². The van der Waals surface area contributed by atoms with Gasteiger partial charge in [-0.15, -0.1) is 0 Å². The van der Waals surface area contributed by atoms with Gasteiger partial charge in [0.2, 0.25) is 0 Å². The van der Waals surface area contributed by atoms with Gasteiger partial charge >= 0.3 is 0 Å². The largest absolute Gasteiger partial charge is 0.385 e. The fourth-order valence-electron chi connectivity index (χ4n) is 1.58. The van der Waals surface area contributed by atoms with Crippen molar-refractivity contribution in [2.45, 2.75) is 19.4 Å². The van der Waals surface area contributed by atoms with E-state index in [-0.39, 0.29) is 11.9 Å². The summed E-state index contributed by atoms with van der Waals surface area (Å²) in [6, 6.07) is 4.27. The maximum atomic E-state index is 13.2. The number of hydrogen-bond acceptors (Lipinski definition) is 2. The number of halogens is 2. The van der Waals surface area contributed by atoms with E-state index in [0.717, 1.165) is 5.56 Å². The Morgan fingerprint density at radius 3 is 2.78 bits per heavy atom. The Hall–Kier alpha value is -0.940. The SMILES string of the molecule is COCCC(CBr)NC(=O)c1cc(C)cc(F)c1. The molecule has 1 N–H and O–H groups in total. The number of benzene rings is 1. The number of carbonyl (C=O) groups is 1. The van der Waals surface area contributed by atoms with Crippen LogP contribution in [0.5, 0.6) is 0 Å². The minimum atomic E-state index is -0.396. The number of aryl methyl sites for hydroxylation is 1. The van der Waals surface area contributed by atoms with Crippen LogP contribution in [0, 0.1) is 12.7 Å². The van der Waals surface area contributed by atoms with Crippen molar-refractivity contribution in [3.05, 3.63) is 35.1 Å². The molecule has 0 saturated carbocycles. The van der Waals surface area contributed by atoms with Gasteiger partial charge in [-0.3, -0.25) is 4.79 Å². The molecule has 1 rings (SSSR count). The second kappa shape index (κ2) is 7.48. The number of rotatable bonds is 6. The third-order valence-corrected chi connectivity index (χ3v) is 3.28. The highest BCUT2D eigenvalue weighted by Crippen LogP contribution is 2.09. The molecule has 0 spiro atoms. The maximum Gasteiger partial charge on any atom is 0.251 e. The lowest BCUT2D eigenvalue weighted by Crippen LogP contribution is -2.37. The van der Waals surface area contributed by atoms with Gasteiger partial charge in [0.1, 0.15) is 5.82 Å². The topological polar surface area (TPSA) is 38.3 Å². The van der Waals surface area contributed by atoms with E-state index in [0.29, 0.717) is 23.9 Å². The standard InChI is InChI=1S/C13H17BrFNO2/c1-9-5-10(7-11(15)6-9)13(17)16-12(8-14)3-4-18-2/h5-7,12H,3-4,8H2,1-2H3,(H,16,17). The predicted molar refractivity (Wildman–Crippen MR) is 72.7 cm³/mol. The fourth-order valence-corrected chi connectivity index (χ4v) is 2.07. The monoisotopic (exact) mass is 317 g/mol. The van der Waals surface area contributed by atoms with Gasteiger partial charge < -0.3 is 10.1 Å². The van der Waals surface area contributed by atoms with Crippen molar-refractivity contribution in [3.8, 4) is 0 Å². The molecule has 1 atom stereocenters. The van der Waals surface area contributed by atoms with Crippen LogP contribution >= 0.6 is 15.9 Å². The second-order valence-corrected chi connectivity index (χ2v) is 4.77. The zero-order valence-electron chi connectivity index (χ0n) is 10.5. The number of hydrogen-bond donors (Lipinski definition) is 1. The van der Waals surface area contributed by atoms with Crippen molar-refractivity contribution >= 4 is 21.8 Å². The maximum absolute atomic E-state index is 13.2. The molecule has 18 heavy (non-hydrogen) atoms. The summed E-state index contributed by atoms with van der Waals surface area (Å²) in [4.78, 5) is 11.9. The van der Waals surface area contributed by atoms with Gasteiger partial charge in [-0.1, -0.05) is 15.9 Å². The lowest BCUT2D eigenvalue weighted by Gasteiger charge is -2.16. The van der Waals surface area contributed by atoms with Crippen LogP contribution in [0.1, 0.15) is 22.3 Å². The molecule has 0 aliphatic heterocycles. The molecule has 1 amide bonds. The van der Waals surface area contributed by atoms with Gasteiger partial charge in [-0.2, -0.15) is 0 Å². The van der Waals surface area contributed by atoms with Crippen molar-refractivity contribution in [1.82, 2.24) is 5.32 Å². The summed E-state index contributed by atoms with van der Waals surface area (Å²) in [5, 5.41) is 3.48. The van der Waals surface area contributed by atoms with E-state index in [1.807, 2.05) is 0 Å². The lowest BCUT2D eigenvalue weighted by atomic mass is 10.1. The van der Waals surface area contributed by atoms with E-state index in [2.05, 4.69) is 21.2 Å². The quantitative estimate of drug-likeness (QED) is 0.819. The van der Waals surface area contributed by atoms with Gasteiger partial charge in [0.25, 0.3) is 5.91 Å². The third-order valence-electron chi connectivity index (χ3n) is 2.50. The van der Waals surface area contributed by atoms with Crippen molar-refractivity contribution < 1.29 is 13.9 Å². The molecule has 0 bridgehead atoms. The predicted octanol–water partition coefficient (Wildman–Crippen LogP) is 2.66. The molecule has 5 heteroatoms. The Labute approximate surface area is 115 Å². The molecule has 0 radical (unpaired) electrons. The number of carbonyl (C=O) groups excluding carboxylic acids is 1. The number of methoxy groups -OCH3 is 1. The van der Waals surface area contributed by atoms with Gasteiger partial charge in [0.15, 0.2) is 0 Å². The third kappa shape index (κ3) is 4.74. The van der Waals surface area contributed by atoms with Crippen LogP contribution in [-0.2, 0) is 4.74 Å². The highest BCUT2D eigenvalue weighted by atomic mass is 79.9. The van der Waals surface area contributed by atoms with Crippen LogP contribution in [0.15, 0.2) is 18.2 Å². The van der Waals surface area contributed by atoms with E-state index in [1.165, 1.54) is 12.1 Å². The van der Waals surface area contributed by atoms with E-state index >= 15 is 0 Å². The van der Waals surface area contributed by atoms with E-state index in [4.69, 9.17) is 4.74 Å². The lowest BCUT2D eigenvalue weighted by molar-refractivity contribution is 0.0930. The van der Waals surface area contributed by atoms with Crippen LogP contribution in [0.2, 0.25) is 0 Å². The van der Waals surface area contributed by atoms with Crippen LogP contribution in [-0.4, -0.2) is 31.0 Å². The summed E-state index contributed by atoms with van der Waals surface area (Å²) < 4.78 is 18.2. The number of amides is 1. The highest BCUT2D eigenvalue weighted by molar-refractivity contribution is 9.09. The first-order valence-corrected chi connectivity index (χ1v) is 6.82. The first kappa shape index (κ1) is 15.1. The molecular weight excluding hydrogens is 301 g/mol. The van der Waals surface area contributed by atoms with Crippen molar-refractivity contribution in [2.24, 2.45) is 0 Å². The first-order chi connectivity index (χ1) is 8.56. The average Bonchev–Trinajstić information content (AvgIpc) is 2.32. The Morgan fingerprint density at radius 1 is 1.50 bits per heavy atom. The van der Waals surface area contributed by atoms with Crippen molar-refractivity contribution in [2.75, 3.05) is 19.0 Å². The minimum absolute atomic E-state index is 0.0268. The molecule has 100 valence electrons. The highest BCUT2D eigenvalue weighted by Gasteiger charge is 2.13. The number of ether oxygens (including phenoxy) is 1. The van der Waals surface area contributed by atoms with Gasteiger partial charge in [-0.05, 0) is 37.1 Å². The Bertz CT molecular complexity index is 392. The molecule has 0 aliphatic carbocycles. The number of nitrogens with one attached hydrogen (secondary N) is 1. The summed E-state index contributed by atoms with van der Waals surface area (Å²) in [5.41, 5.74) is 1.07. The smallest absolute Gasteiger partial charge is 0.251 e. The zero-order valence-corrected chi connectivity index (χ0v) is 12.1. The van der Waals surface area contributed by atoms with E-state index in [9.17, 15) is 9.18 Å². The molecule has 0 heterocycles. The zero-order chi connectivity index (χ0) is 13.5.